The molecule has 3 rings (SSSR count). The number of primary amides is 1. The second-order valence-electron chi connectivity index (χ2n) is 7.25. The number of rotatable bonds is 8. The molecule has 0 fully saturated rings. The van der Waals surface area contributed by atoms with Crippen LogP contribution in [0.1, 0.15) is 35.5 Å². The Morgan fingerprint density at radius 1 is 1.03 bits per heavy atom. The summed E-state index contributed by atoms with van der Waals surface area (Å²) in [6, 6.07) is 15.8. The number of carbonyl (C=O) groups excluding carboxylic acids is 1. The van der Waals surface area contributed by atoms with Crippen molar-refractivity contribution < 1.29 is 4.79 Å². The van der Waals surface area contributed by atoms with Gasteiger partial charge >= 0.3 is 0 Å². The average molecular weight is 444 g/mol. The lowest BCUT2D eigenvalue weighted by Gasteiger charge is -2.21. The van der Waals surface area contributed by atoms with Crippen LogP contribution < -0.4 is 10.6 Å². The van der Waals surface area contributed by atoms with Crippen LogP contribution in [-0.4, -0.2) is 23.6 Å². The summed E-state index contributed by atoms with van der Waals surface area (Å²) in [6.07, 6.45) is 0.717. The summed E-state index contributed by atoms with van der Waals surface area (Å²) in [6.45, 7) is 8.81. The molecule has 0 aliphatic heterocycles. The highest BCUT2D eigenvalue weighted by atomic mass is 35.5. The minimum atomic E-state index is -0.420. The number of amides is 1. The lowest BCUT2D eigenvalue weighted by molar-refractivity contribution is 0.0999. The molecule has 158 valence electrons. The molecule has 0 spiro atoms. The van der Waals surface area contributed by atoms with Gasteiger partial charge in [0, 0.05) is 46.8 Å². The molecule has 0 bridgehead atoms. The summed E-state index contributed by atoms with van der Waals surface area (Å²) in [4.78, 5) is 14.3. The van der Waals surface area contributed by atoms with Gasteiger partial charge < -0.3 is 15.2 Å². The second kappa shape index (κ2) is 9.59. The Balaban J connectivity index is 1.96. The first-order chi connectivity index (χ1) is 14.3. The van der Waals surface area contributed by atoms with E-state index in [1.165, 1.54) is 5.69 Å². The van der Waals surface area contributed by atoms with Gasteiger partial charge in [0.2, 0.25) is 0 Å². The topological polar surface area (TPSA) is 51.3 Å². The van der Waals surface area contributed by atoms with Crippen LogP contribution in [0, 0.1) is 6.92 Å². The molecule has 2 N–H and O–H groups in total. The fourth-order valence-corrected chi connectivity index (χ4v) is 4.31. The van der Waals surface area contributed by atoms with Crippen LogP contribution in [0.4, 0.5) is 5.69 Å². The van der Waals surface area contributed by atoms with Crippen LogP contribution in [0.25, 0.3) is 11.3 Å². The van der Waals surface area contributed by atoms with E-state index < -0.39 is 5.91 Å². The van der Waals surface area contributed by atoms with E-state index in [1.54, 1.807) is 6.07 Å². The van der Waals surface area contributed by atoms with Gasteiger partial charge in [0.05, 0.1) is 5.56 Å². The number of halogens is 2. The zero-order chi connectivity index (χ0) is 21.8. The number of hydrogen-bond donors (Lipinski definition) is 1. The van der Waals surface area contributed by atoms with Gasteiger partial charge in [-0.3, -0.25) is 4.79 Å². The SMILES string of the molecule is CCN(CC)c1ccc(-c2cc(C(N)=O)c(C)n2CCc2ccc(Cl)cc2Cl)cc1. The fourth-order valence-electron chi connectivity index (χ4n) is 3.81. The summed E-state index contributed by atoms with van der Waals surface area (Å²) in [7, 11) is 0. The van der Waals surface area contributed by atoms with Gasteiger partial charge in [-0.05, 0) is 68.7 Å². The maximum Gasteiger partial charge on any atom is 0.250 e. The number of aromatic nitrogens is 1. The van der Waals surface area contributed by atoms with Gasteiger partial charge in [0.15, 0.2) is 0 Å². The van der Waals surface area contributed by atoms with E-state index in [-0.39, 0.29) is 0 Å². The lowest BCUT2D eigenvalue weighted by Crippen LogP contribution is -2.21. The standard InChI is InChI=1S/C24H27Cl2N3O/c1-4-28(5-2)20-10-7-18(8-11-20)23-15-21(24(27)30)16(3)29(23)13-12-17-6-9-19(25)14-22(17)26/h6-11,14-15H,4-5,12-13H2,1-3H3,(H2,27,30). The van der Waals surface area contributed by atoms with Crippen LogP contribution in [-0.2, 0) is 13.0 Å². The Morgan fingerprint density at radius 3 is 2.27 bits per heavy atom. The van der Waals surface area contributed by atoms with E-state index in [4.69, 9.17) is 28.9 Å². The number of anilines is 1. The van der Waals surface area contributed by atoms with Crippen molar-refractivity contribution in [3.8, 4) is 11.3 Å². The first-order valence-corrected chi connectivity index (χ1v) is 10.9. The molecule has 0 radical (unpaired) electrons. The molecule has 0 unspecified atom stereocenters. The molecule has 1 amide bonds. The maximum absolute atomic E-state index is 12.0. The maximum atomic E-state index is 12.0. The Labute approximate surface area is 188 Å². The van der Waals surface area contributed by atoms with Crippen molar-refractivity contribution in [1.82, 2.24) is 4.57 Å². The van der Waals surface area contributed by atoms with Crippen molar-refractivity contribution in [2.45, 2.75) is 33.7 Å². The summed E-state index contributed by atoms with van der Waals surface area (Å²) in [5.41, 5.74) is 11.2. The van der Waals surface area contributed by atoms with E-state index in [0.29, 0.717) is 28.6 Å². The van der Waals surface area contributed by atoms with Crippen LogP contribution in [0.5, 0.6) is 0 Å². The third-order valence-corrected chi connectivity index (χ3v) is 6.13. The van der Waals surface area contributed by atoms with Gasteiger partial charge in [-0.15, -0.1) is 0 Å². The van der Waals surface area contributed by atoms with Crippen LogP contribution >= 0.6 is 23.2 Å². The Kier molecular flexibility index (Phi) is 7.11. The summed E-state index contributed by atoms with van der Waals surface area (Å²) < 4.78 is 2.14. The Hall–Kier alpha value is -2.43. The average Bonchev–Trinajstić information content (AvgIpc) is 3.05. The van der Waals surface area contributed by atoms with Crippen molar-refractivity contribution in [3.63, 3.8) is 0 Å². The van der Waals surface area contributed by atoms with Crippen molar-refractivity contribution in [2.75, 3.05) is 18.0 Å². The van der Waals surface area contributed by atoms with Gasteiger partial charge in [0.25, 0.3) is 5.91 Å². The zero-order valence-electron chi connectivity index (χ0n) is 17.6. The minimum absolute atomic E-state index is 0.420. The molecule has 30 heavy (non-hydrogen) atoms. The molecule has 4 nitrogen and oxygen atoms in total. The molecule has 1 aromatic heterocycles. The van der Waals surface area contributed by atoms with Gasteiger partial charge in [-0.1, -0.05) is 41.4 Å². The first-order valence-electron chi connectivity index (χ1n) is 10.1. The lowest BCUT2D eigenvalue weighted by atomic mass is 10.1. The highest BCUT2D eigenvalue weighted by Gasteiger charge is 2.17. The summed E-state index contributed by atoms with van der Waals surface area (Å²) >= 11 is 12.4. The zero-order valence-corrected chi connectivity index (χ0v) is 19.1. The minimum Gasteiger partial charge on any atom is -0.372 e. The molecule has 3 aromatic rings. The number of nitrogens with two attached hydrogens (primary N) is 1. The van der Waals surface area contributed by atoms with Crippen molar-refractivity contribution in [2.24, 2.45) is 5.73 Å². The van der Waals surface area contributed by atoms with Gasteiger partial charge in [-0.25, -0.2) is 0 Å². The van der Waals surface area contributed by atoms with Crippen molar-refractivity contribution in [1.29, 1.82) is 0 Å². The number of carbonyl (C=O) groups is 1. The van der Waals surface area contributed by atoms with E-state index in [1.807, 2.05) is 25.1 Å². The highest BCUT2D eigenvalue weighted by molar-refractivity contribution is 6.35. The molecule has 0 saturated carbocycles. The van der Waals surface area contributed by atoms with E-state index in [9.17, 15) is 4.79 Å². The smallest absolute Gasteiger partial charge is 0.250 e. The third-order valence-electron chi connectivity index (χ3n) is 5.54. The summed E-state index contributed by atoms with van der Waals surface area (Å²) in [5.74, 6) is -0.420. The van der Waals surface area contributed by atoms with Crippen molar-refractivity contribution in [3.05, 3.63) is 75.4 Å². The molecule has 0 aliphatic rings. The molecular weight excluding hydrogens is 417 g/mol. The van der Waals surface area contributed by atoms with Crippen LogP contribution in [0.2, 0.25) is 10.0 Å². The number of aryl methyl sites for hydroxylation is 1. The number of hydrogen-bond acceptors (Lipinski definition) is 2. The first kappa shape index (κ1) is 22.3. The number of benzene rings is 2. The molecule has 0 saturated heterocycles. The Bertz CT molecular complexity index is 1040. The monoisotopic (exact) mass is 443 g/mol. The van der Waals surface area contributed by atoms with E-state index >= 15 is 0 Å². The molecule has 0 atom stereocenters. The molecule has 0 aliphatic carbocycles. The van der Waals surface area contributed by atoms with Gasteiger partial charge in [0.1, 0.15) is 0 Å². The molecule has 2 aromatic carbocycles. The summed E-state index contributed by atoms with van der Waals surface area (Å²) in [5, 5.41) is 1.26. The number of nitrogens with zero attached hydrogens (tertiary/aromatic N) is 2. The quantitative estimate of drug-likeness (QED) is 0.466. The Morgan fingerprint density at radius 2 is 1.70 bits per heavy atom. The van der Waals surface area contributed by atoms with Crippen LogP contribution in [0.3, 0.4) is 0 Å². The predicted octanol–water partition coefficient (Wildman–Crippen LogP) is 5.96. The van der Waals surface area contributed by atoms with Gasteiger partial charge in [-0.2, -0.15) is 0 Å². The molecular formula is C24H27Cl2N3O. The largest absolute Gasteiger partial charge is 0.372 e. The third kappa shape index (κ3) is 4.66. The normalized spacial score (nSPS) is 11.0. The second-order valence-corrected chi connectivity index (χ2v) is 8.09. The molecule has 1 heterocycles. The van der Waals surface area contributed by atoms with E-state index in [0.717, 1.165) is 35.6 Å². The van der Waals surface area contributed by atoms with E-state index in [2.05, 4.69) is 47.6 Å². The van der Waals surface area contributed by atoms with Crippen LogP contribution in [0.15, 0.2) is 48.5 Å². The molecule has 6 heteroatoms. The van der Waals surface area contributed by atoms with Crippen molar-refractivity contribution >= 4 is 34.8 Å². The highest BCUT2D eigenvalue weighted by Crippen LogP contribution is 2.29. The predicted molar refractivity (Wildman–Crippen MR) is 127 cm³/mol. The fraction of sp³-hybridized carbons (Fsp3) is 0.292.